The van der Waals surface area contributed by atoms with Gasteiger partial charge in [-0.3, -0.25) is 4.79 Å². The summed E-state index contributed by atoms with van der Waals surface area (Å²) in [6.45, 7) is 2.28. The molecule has 0 N–H and O–H groups in total. The zero-order chi connectivity index (χ0) is 14.9. The Morgan fingerprint density at radius 3 is 2.60 bits per heavy atom. The van der Waals surface area contributed by atoms with E-state index < -0.39 is 21.9 Å². The largest absolute Gasteiger partial charge is 0.497 e. The first-order valence-corrected chi connectivity index (χ1v) is 7.92. The molecule has 20 heavy (non-hydrogen) atoms. The van der Waals surface area contributed by atoms with Crippen LogP contribution in [0.15, 0.2) is 17.0 Å². The SMILES string of the molecule is CCCOc1cc(OC)cc2c1C(=O)N(CCl)S2(=O)=O. The van der Waals surface area contributed by atoms with Gasteiger partial charge in [0.1, 0.15) is 28.0 Å². The molecule has 0 saturated heterocycles. The van der Waals surface area contributed by atoms with E-state index in [1.807, 2.05) is 6.92 Å². The zero-order valence-corrected chi connectivity index (χ0v) is 12.6. The van der Waals surface area contributed by atoms with Gasteiger partial charge in [-0.2, -0.15) is 0 Å². The van der Waals surface area contributed by atoms with Gasteiger partial charge in [0, 0.05) is 12.1 Å². The van der Waals surface area contributed by atoms with Crippen molar-refractivity contribution in [3.05, 3.63) is 17.7 Å². The number of hydrogen-bond acceptors (Lipinski definition) is 5. The van der Waals surface area contributed by atoms with Gasteiger partial charge < -0.3 is 9.47 Å². The fourth-order valence-electron chi connectivity index (χ4n) is 1.89. The van der Waals surface area contributed by atoms with Crippen molar-refractivity contribution in [3.8, 4) is 11.5 Å². The predicted octanol–water partition coefficient (Wildman–Crippen LogP) is 1.82. The summed E-state index contributed by atoms with van der Waals surface area (Å²) in [4.78, 5) is 12.0. The van der Waals surface area contributed by atoms with Crippen LogP contribution >= 0.6 is 11.6 Å². The van der Waals surface area contributed by atoms with E-state index in [9.17, 15) is 13.2 Å². The third-order valence-corrected chi connectivity index (χ3v) is 4.99. The molecule has 2 rings (SSSR count). The number of amides is 1. The topological polar surface area (TPSA) is 72.9 Å². The van der Waals surface area contributed by atoms with Crippen LogP contribution in [0.2, 0.25) is 0 Å². The molecule has 1 aromatic rings. The Bertz CT molecular complexity index is 643. The average molecular weight is 320 g/mol. The van der Waals surface area contributed by atoms with Gasteiger partial charge in [-0.15, -0.1) is 11.6 Å². The van der Waals surface area contributed by atoms with Crippen molar-refractivity contribution in [3.63, 3.8) is 0 Å². The lowest BCUT2D eigenvalue weighted by atomic mass is 10.1. The van der Waals surface area contributed by atoms with E-state index in [4.69, 9.17) is 21.1 Å². The number of sulfonamides is 1. The molecule has 8 heteroatoms. The van der Waals surface area contributed by atoms with Crippen LogP contribution in [-0.2, 0) is 10.0 Å². The summed E-state index contributed by atoms with van der Waals surface area (Å²) < 4.78 is 35.6. The molecule has 0 atom stereocenters. The maximum atomic E-state index is 12.2. The van der Waals surface area contributed by atoms with E-state index in [2.05, 4.69) is 0 Å². The van der Waals surface area contributed by atoms with Crippen LogP contribution in [0.5, 0.6) is 11.5 Å². The van der Waals surface area contributed by atoms with Crippen LogP contribution in [0, 0.1) is 0 Å². The molecule has 0 aromatic heterocycles. The molecule has 0 radical (unpaired) electrons. The third-order valence-electron chi connectivity index (χ3n) is 2.85. The fraction of sp³-hybridized carbons (Fsp3) is 0.417. The standard InChI is InChI=1S/C12H14ClNO5S/c1-3-4-19-9-5-8(18-2)6-10-11(9)12(15)14(7-13)20(10,16)17/h5-6H,3-4,7H2,1-2H3. The minimum Gasteiger partial charge on any atom is -0.497 e. The lowest BCUT2D eigenvalue weighted by Crippen LogP contribution is -2.28. The Balaban J connectivity index is 2.65. The Labute approximate surface area is 122 Å². The Kier molecular flexibility index (Phi) is 4.10. The summed E-state index contributed by atoms with van der Waals surface area (Å²) in [5.74, 6) is -0.172. The number of halogens is 1. The first-order chi connectivity index (χ1) is 9.47. The summed E-state index contributed by atoms with van der Waals surface area (Å²) in [5.41, 5.74) is 0.0138. The minimum atomic E-state index is -3.93. The summed E-state index contributed by atoms with van der Waals surface area (Å²) in [6, 6.07) is 2.36. The molecule has 0 bridgehead atoms. The molecule has 0 saturated carbocycles. The second kappa shape index (κ2) is 5.49. The number of methoxy groups -OCH3 is 1. The number of rotatable bonds is 5. The molecule has 1 aliphatic heterocycles. The Morgan fingerprint density at radius 1 is 1.35 bits per heavy atom. The minimum absolute atomic E-state index is 0.0138. The van der Waals surface area contributed by atoms with Gasteiger partial charge >= 0.3 is 0 Å². The lowest BCUT2D eigenvalue weighted by molar-refractivity contribution is 0.0882. The van der Waals surface area contributed by atoms with Gasteiger partial charge in [-0.1, -0.05) is 6.92 Å². The van der Waals surface area contributed by atoms with E-state index in [0.29, 0.717) is 16.7 Å². The average Bonchev–Trinajstić information content (AvgIpc) is 2.62. The molecule has 0 spiro atoms. The van der Waals surface area contributed by atoms with Gasteiger partial charge in [0.05, 0.1) is 13.7 Å². The van der Waals surface area contributed by atoms with Crippen LogP contribution in [0.1, 0.15) is 23.7 Å². The van der Waals surface area contributed by atoms with Crippen LogP contribution < -0.4 is 9.47 Å². The van der Waals surface area contributed by atoms with Crippen molar-refractivity contribution in [1.29, 1.82) is 0 Å². The summed E-state index contributed by atoms with van der Waals surface area (Å²) >= 11 is 5.56. The van der Waals surface area contributed by atoms with Gasteiger partial charge in [-0.05, 0) is 6.42 Å². The number of alkyl halides is 1. The molecule has 1 aliphatic rings. The molecular formula is C12H14ClNO5S. The fourth-order valence-corrected chi connectivity index (χ4v) is 3.78. The maximum absolute atomic E-state index is 12.2. The van der Waals surface area contributed by atoms with E-state index in [1.165, 1.54) is 19.2 Å². The third kappa shape index (κ3) is 2.20. The number of fused-ring (bicyclic) bond motifs is 1. The van der Waals surface area contributed by atoms with Crippen molar-refractivity contribution in [2.75, 3.05) is 19.7 Å². The molecule has 1 aromatic carbocycles. The van der Waals surface area contributed by atoms with Crippen molar-refractivity contribution >= 4 is 27.5 Å². The van der Waals surface area contributed by atoms with Crippen LogP contribution in [0.25, 0.3) is 0 Å². The summed E-state index contributed by atoms with van der Waals surface area (Å²) in [5, 5.41) is 0. The molecule has 1 heterocycles. The van der Waals surface area contributed by atoms with Gasteiger partial charge in [0.15, 0.2) is 0 Å². The predicted molar refractivity (Wildman–Crippen MR) is 72.9 cm³/mol. The van der Waals surface area contributed by atoms with Gasteiger partial charge in [0.25, 0.3) is 15.9 Å². The van der Waals surface area contributed by atoms with E-state index in [1.54, 1.807) is 0 Å². The first-order valence-electron chi connectivity index (χ1n) is 5.95. The summed E-state index contributed by atoms with van der Waals surface area (Å²) in [6.07, 6.45) is 0.728. The number of nitrogens with zero attached hydrogens (tertiary/aromatic N) is 1. The molecule has 110 valence electrons. The second-order valence-electron chi connectivity index (χ2n) is 4.13. The second-order valence-corrected chi connectivity index (χ2v) is 6.20. The Hall–Kier alpha value is -1.47. The summed E-state index contributed by atoms with van der Waals surface area (Å²) in [7, 11) is -2.52. The van der Waals surface area contributed by atoms with Crippen LogP contribution in [0.3, 0.4) is 0 Å². The highest BCUT2D eigenvalue weighted by molar-refractivity contribution is 7.90. The smallest absolute Gasteiger partial charge is 0.273 e. The normalized spacial score (nSPS) is 16.1. The highest BCUT2D eigenvalue weighted by atomic mass is 35.5. The number of benzene rings is 1. The van der Waals surface area contributed by atoms with Gasteiger partial charge in [-0.25, -0.2) is 12.7 Å². The maximum Gasteiger partial charge on any atom is 0.273 e. The molecule has 1 amide bonds. The highest BCUT2D eigenvalue weighted by Crippen LogP contribution is 2.39. The van der Waals surface area contributed by atoms with E-state index >= 15 is 0 Å². The lowest BCUT2D eigenvalue weighted by Gasteiger charge is -2.10. The van der Waals surface area contributed by atoms with Gasteiger partial charge in [0.2, 0.25) is 0 Å². The quantitative estimate of drug-likeness (QED) is 0.611. The molecule has 6 nitrogen and oxygen atoms in total. The van der Waals surface area contributed by atoms with Crippen molar-refractivity contribution < 1.29 is 22.7 Å². The van der Waals surface area contributed by atoms with E-state index in [-0.39, 0.29) is 16.2 Å². The number of ether oxygens (including phenoxy) is 2. The number of hydrogen-bond donors (Lipinski definition) is 0. The molecule has 0 fully saturated rings. The zero-order valence-electron chi connectivity index (χ0n) is 11.1. The van der Waals surface area contributed by atoms with Crippen molar-refractivity contribution in [1.82, 2.24) is 4.31 Å². The number of carbonyl (C=O) groups excluding carboxylic acids is 1. The van der Waals surface area contributed by atoms with Crippen molar-refractivity contribution in [2.24, 2.45) is 0 Å². The highest BCUT2D eigenvalue weighted by Gasteiger charge is 2.43. The molecular weight excluding hydrogens is 306 g/mol. The first kappa shape index (κ1) is 14.9. The molecule has 0 aliphatic carbocycles. The van der Waals surface area contributed by atoms with Crippen LogP contribution in [-0.4, -0.2) is 38.4 Å². The van der Waals surface area contributed by atoms with Crippen molar-refractivity contribution in [2.45, 2.75) is 18.2 Å². The molecule has 0 unspecified atom stereocenters. The number of carbonyl (C=O) groups is 1. The monoisotopic (exact) mass is 319 g/mol. The van der Waals surface area contributed by atoms with Crippen LogP contribution in [0.4, 0.5) is 0 Å². The Morgan fingerprint density at radius 2 is 2.05 bits per heavy atom. The van der Waals surface area contributed by atoms with E-state index in [0.717, 1.165) is 6.42 Å².